The number of hydrogen-bond acceptors (Lipinski definition) is 6. The number of aryl methyl sites for hydroxylation is 1. The van der Waals surface area contributed by atoms with E-state index in [-0.39, 0.29) is 11.8 Å². The zero-order valence-corrected chi connectivity index (χ0v) is 9.57. The highest BCUT2D eigenvalue weighted by molar-refractivity contribution is 5.57. The molecule has 94 valence electrons. The van der Waals surface area contributed by atoms with Crippen molar-refractivity contribution in [1.29, 1.82) is 0 Å². The molecule has 1 atom stereocenters. The van der Waals surface area contributed by atoms with Crippen molar-refractivity contribution in [3.8, 4) is 0 Å². The monoisotopic (exact) mass is 241 g/mol. The van der Waals surface area contributed by atoms with E-state index in [2.05, 4.69) is 5.10 Å². The number of hydrogen-bond donors (Lipinski definition) is 1. The van der Waals surface area contributed by atoms with Crippen molar-refractivity contribution < 1.29 is 9.66 Å². The Labute approximate surface area is 98.1 Å². The summed E-state index contributed by atoms with van der Waals surface area (Å²) in [6.07, 6.45) is 1.31. The van der Waals surface area contributed by atoms with Crippen LogP contribution in [0.2, 0.25) is 0 Å². The molecule has 0 aromatic carbocycles. The molecule has 1 fully saturated rings. The van der Waals surface area contributed by atoms with Gasteiger partial charge in [-0.25, -0.2) is 0 Å². The van der Waals surface area contributed by atoms with Crippen LogP contribution >= 0.6 is 0 Å². The van der Waals surface area contributed by atoms with Crippen LogP contribution in [-0.4, -0.2) is 47.0 Å². The standard InChI is InChI=1S/C9H15N5O3/c1-12-6-8(14(15)16)9(11-12)13-2-3-17-7(4-10)5-13/h6-7H,2-5,10H2,1H3. The van der Waals surface area contributed by atoms with Crippen LogP contribution in [0, 0.1) is 10.1 Å². The molecule has 1 aromatic rings. The normalized spacial score (nSPS) is 20.6. The highest BCUT2D eigenvalue weighted by atomic mass is 16.6. The third-order valence-corrected chi connectivity index (χ3v) is 2.69. The van der Waals surface area contributed by atoms with Crippen molar-refractivity contribution >= 4 is 11.5 Å². The van der Waals surface area contributed by atoms with Crippen molar-refractivity contribution in [1.82, 2.24) is 9.78 Å². The number of nitrogens with zero attached hydrogens (tertiary/aromatic N) is 4. The Morgan fingerprint density at radius 2 is 2.53 bits per heavy atom. The minimum absolute atomic E-state index is 0.0187. The van der Waals surface area contributed by atoms with Crippen molar-refractivity contribution in [2.24, 2.45) is 12.8 Å². The zero-order valence-electron chi connectivity index (χ0n) is 9.57. The van der Waals surface area contributed by atoms with Gasteiger partial charge in [-0.1, -0.05) is 0 Å². The van der Waals surface area contributed by atoms with Crippen LogP contribution in [0.15, 0.2) is 6.20 Å². The molecule has 0 aliphatic carbocycles. The Morgan fingerprint density at radius 3 is 3.18 bits per heavy atom. The predicted octanol–water partition coefficient (Wildman–Crippen LogP) is -0.508. The molecule has 0 spiro atoms. The third kappa shape index (κ3) is 2.37. The fraction of sp³-hybridized carbons (Fsp3) is 0.667. The molecule has 0 bridgehead atoms. The van der Waals surface area contributed by atoms with Gasteiger partial charge in [-0.15, -0.1) is 5.10 Å². The molecule has 17 heavy (non-hydrogen) atoms. The number of rotatable bonds is 3. The molecular formula is C9H15N5O3. The lowest BCUT2D eigenvalue weighted by Crippen LogP contribution is -2.46. The minimum atomic E-state index is -0.421. The first-order chi connectivity index (χ1) is 8.11. The second-order valence-electron chi connectivity index (χ2n) is 3.94. The van der Waals surface area contributed by atoms with Crippen molar-refractivity contribution in [2.45, 2.75) is 6.10 Å². The molecule has 1 unspecified atom stereocenters. The first kappa shape index (κ1) is 11.8. The molecule has 2 N–H and O–H groups in total. The number of aromatic nitrogens is 2. The number of nitrogens with two attached hydrogens (primary N) is 1. The van der Waals surface area contributed by atoms with E-state index >= 15 is 0 Å². The smallest absolute Gasteiger partial charge is 0.330 e. The van der Waals surface area contributed by atoms with E-state index in [0.717, 1.165) is 0 Å². The number of ether oxygens (including phenoxy) is 1. The molecular weight excluding hydrogens is 226 g/mol. The first-order valence-electron chi connectivity index (χ1n) is 5.36. The maximum absolute atomic E-state index is 10.9. The van der Waals surface area contributed by atoms with Gasteiger partial charge in [0.1, 0.15) is 6.20 Å². The summed E-state index contributed by atoms with van der Waals surface area (Å²) in [4.78, 5) is 12.3. The molecule has 1 aromatic heterocycles. The Kier molecular flexibility index (Phi) is 3.25. The van der Waals surface area contributed by atoms with Gasteiger partial charge < -0.3 is 15.4 Å². The third-order valence-electron chi connectivity index (χ3n) is 2.69. The fourth-order valence-electron chi connectivity index (χ4n) is 1.87. The van der Waals surface area contributed by atoms with E-state index in [1.165, 1.54) is 10.9 Å². The molecule has 0 radical (unpaired) electrons. The summed E-state index contributed by atoms with van der Waals surface area (Å²) in [7, 11) is 1.66. The second kappa shape index (κ2) is 4.68. The predicted molar refractivity (Wildman–Crippen MR) is 60.9 cm³/mol. The topological polar surface area (TPSA) is 99.4 Å². The lowest BCUT2D eigenvalue weighted by molar-refractivity contribution is -0.384. The van der Waals surface area contributed by atoms with Crippen LogP contribution in [0.4, 0.5) is 11.5 Å². The van der Waals surface area contributed by atoms with E-state index in [1.807, 2.05) is 4.90 Å². The number of morpholine rings is 1. The zero-order chi connectivity index (χ0) is 12.4. The van der Waals surface area contributed by atoms with Crippen LogP contribution in [0.3, 0.4) is 0 Å². The van der Waals surface area contributed by atoms with Gasteiger partial charge in [-0.05, 0) is 0 Å². The fourth-order valence-corrected chi connectivity index (χ4v) is 1.87. The molecule has 8 nitrogen and oxygen atoms in total. The van der Waals surface area contributed by atoms with Crippen molar-refractivity contribution in [2.75, 3.05) is 31.1 Å². The lowest BCUT2D eigenvalue weighted by atomic mass is 10.2. The first-order valence-corrected chi connectivity index (χ1v) is 5.36. The molecule has 8 heteroatoms. The molecule has 2 heterocycles. The van der Waals surface area contributed by atoms with Crippen LogP contribution in [0.1, 0.15) is 0 Å². The second-order valence-corrected chi connectivity index (χ2v) is 3.94. The van der Waals surface area contributed by atoms with Crippen LogP contribution in [0.25, 0.3) is 0 Å². The molecule has 1 aliphatic rings. The average molecular weight is 241 g/mol. The summed E-state index contributed by atoms with van der Waals surface area (Å²) in [6.45, 7) is 2.04. The summed E-state index contributed by atoms with van der Waals surface area (Å²) in [5, 5.41) is 15.0. The summed E-state index contributed by atoms with van der Waals surface area (Å²) in [5.41, 5.74) is 5.55. The number of nitro groups is 1. The van der Waals surface area contributed by atoms with Crippen LogP contribution < -0.4 is 10.6 Å². The van der Waals surface area contributed by atoms with E-state index in [9.17, 15) is 10.1 Å². The van der Waals surface area contributed by atoms with Crippen molar-refractivity contribution in [3.63, 3.8) is 0 Å². The van der Waals surface area contributed by atoms with E-state index < -0.39 is 4.92 Å². The Hall–Kier alpha value is -1.67. The molecule has 2 rings (SSSR count). The van der Waals surface area contributed by atoms with Gasteiger partial charge >= 0.3 is 5.69 Å². The summed E-state index contributed by atoms with van der Waals surface area (Å²) < 4.78 is 6.86. The maximum Gasteiger partial charge on any atom is 0.330 e. The quantitative estimate of drug-likeness (QED) is 0.565. The minimum Gasteiger partial charge on any atom is -0.373 e. The van der Waals surface area contributed by atoms with Crippen LogP contribution in [-0.2, 0) is 11.8 Å². The highest BCUT2D eigenvalue weighted by Crippen LogP contribution is 2.27. The van der Waals surface area contributed by atoms with Gasteiger partial charge in [0, 0.05) is 26.7 Å². The SMILES string of the molecule is Cn1cc([N+](=O)[O-])c(N2CCOC(CN)C2)n1. The summed E-state index contributed by atoms with van der Waals surface area (Å²) in [6, 6.07) is 0. The van der Waals surface area contributed by atoms with Gasteiger partial charge in [0.15, 0.2) is 0 Å². The highest BCUT2D eigenvalue weighted by Gasteiger charge is 2.28. The maximum atomic E-state index is 10.9. The Balaban J connectivity index is 2.23. The molecule has 1 aliphatic heterocycles. The average Bonchev–Trinajstić information content (AvgIpc) is 2.72. The Bertz CT molecular complexity index is 419. The van der Waals surface area contributed by atoms with E-state index in [0.29, 0.717) is 32.1 Å². The van der Waals surface area contributed by atoms with Crippen LogP contribution in [0.5, 0.6) is 0 Å². The molecule has 0 amide bonds. The summed E-state index contributed by atoms with van der Waals surface area (Å²) in [5.74, 6) is 0.388. The Morgan fingerprint density at radius 1 is 1.76 bits per heavy atom. The molecule has 1 saturated heterocycles. The summed E-state index contributed by atoms with van der Waals surface area (Å²) >= 11 is 0. The van der Waals surface area contributed by atoms with Gasteiger partial charge in [-0.3, -0.25) is 14.8 Å². The van der Waals surface area contributed by atoms with Gasteiger partial charge in [-0.2, -0.15) is 0 Å². The molecule has 0 saturated carbocycles. The van der Waals surface area contributed by atoms with Gasteiger partial charge in [0.2, 0.25) is 5.82 Å². The number of anilines is 1. The van der Waals surface area contributed by atoms with E-state index in [4.69, 9.17) is 10.5 Å². The van der Waals surface area contributed by atoms with Gasteiger partial charge in [0.05, 0.1) is 17.6 Å². The van der Waals surface area contributed by atoms with Crippen molar-refractivity contribution in [3.05, 3.63) is 16.3 Å². The lowest BCUT2D eigenvalue weighted by Gasteiger charge is -2.31. The van der Waals surface area contributed by atoms with E-state index in [1.54, 1.807) is 7.05 Å². The van der Waals surface area contributed by atoms with Gasteiger partial charge in [0.25, 0.3) is 0 Å². The largest absolute Gasteiger partial charge is 0.373 e.